The molecule has 4 aromatic rings. The zero-order valence-electron chi connectivity index (χ0n) is 12.8. The van der Waals surface area contributed by atoms with Crippen LogP contribution in [0.25, 0.3) is 22.2 Å². The molecule has 1 aromatic carbocycles. The Morgan fingerprint density at radius 2 is 1.79 bits per heavy atom. The lowest BCUT2D eigenvalue weighted by molar-refractivity contribution is 0.721. The van der Waals surface area contributed by atoms with Crippen molar-refractivity contribution in [2.45, 2.75) is 6.04 Å². The Balaban J connectivity index is 1.91. The number of pyridine rings is 2. The minimum atomic E-state index is -0.174. The molecular weight excluding hydrogens is 298 g/mol. The van der Waals surface area contributed by atoms with Crippen LogP contribution in [0.15, 0.2) is 67.1 Å². The fourth-order valence-corrected chi connectivity index (χ4v) is 3.58. The molecule has 5 heteroatoms. The largest absolute Gasteiger partial charge is 0.346 e. The number of H-pyrrole nitrogens is 1. The Hall–Kier alpha value is -3.18. The second-order valence-corrected chi connectivity index (χ2v) is 5.91. The highest BCUT2D eigenvalue weighted by molar-refractivity contribution is 6.01. The molecule has 3 aromatic heterocycles. The number of nitrogens with zero attached hydrogens (tertiary/aromatic N) is 3. The third kappa shape index (κ3) is 1.73. The number of nitrogens with two attached hydrogens (primary N) is 1. The lowest BCUT2D eigenvalue weighted by Crippen LogP contribution is -2.36. The van der Waals surface area contributed by atoms with E-state index in [9.17, 15) is 0 Å². The molecule has 0 bridgehead atoms. The van der Waals surface area contributed by atoms with Gasteiger partial charge in [-0.15, -0.1) is 0 Å². The van der Waals surface area contributed by atoms with Crippen molar-refractivity contribution >= 4 is 16.7 Å². The molecule has 1 atom stereocenters. The smallest absolute Gasteiger partial charge is 0.138 e. The first-order chi connectivity index (χ1) is 11.8. The highest BCUT2D eigenvalue weighted by Gasteiger charge is 2.31. The molecule has 0 spiro atoms. The molecule has 0 saturated heterocycles. The normalized spacial score (nSPS) is 16.0. The first kappa shape index (κ1) is 13.3. The Morgan fingerprint density at radius 3 is 2.67 bits per heavy atom. The van der Waals surface area contributed by atoms with E-state index in [1.165, 1.54) is 0 Å². The van der Waals surface area contributed by atoms with Crippen LogP contribution >= 0.6 is 0 Å². The van der Waals surface area contributed by atoms with Gasteiger partial charge in [-0.25, -0.2) is 10.8 Å². The van der Waals surface area contributed by atoms with E-state index < -0.39 is 0 Å². The fourth-order valence-electron chi connectivity index (χ4n) is 3.58. The van der Waals surface area contributed by atoms with E-state index in [2.05, 4.69) is 21.0 Å². The molecule has 3 N–H and O–H groups in total. The van der Waals surface area contributed by atoms with Crippen molar-refractivity contribution in [1.82, 2.24) is 15.0 Å². The van der Waals surface area contributed by atoms with Gasteiger partial charge in [0.2, 0.25) is 0 Å². The quantitative estimate of drug-likeness (QED) is 0.528. The van der Waals surface area contributed by atoms with Crippen molar-refractivity contribution in [3.63, 3.8) is 0 Å². The monoisotopic (exact) mass is 313 g/mol. The van der Waals surface area contributed by atoms with Gasteiger partial charge in [0.15, 0.2) is 0 Å². The second kappa shape index (κ2) is 4.91. The summed E-state index contributed by atoms with van der Waals surface area (Å²) in [5.41, 5.74) is 6.09. The maximum absolute atomic E-state index is 6.60. The van der Waals surface area contributed by atoms with Gasteiger partial charge in [0.05, 0.1) is 11.4 Å². The molecule has 0 saturated carbocycles. The topological polar surface area (TPSA) is 70.8 Å². The van der Waals surface area contributed by atoms with E-state index in [1.807, 2.05) is 54.9 Å². The summed E-state index contributed by atoms with van der Waals surface area (Å²) < 4.78 is 0. The number of nitrogens with one attached hydrogen (secondary N) is 1. The number of benzene rings is 1. The summed E-state index contributed by atoms with van der Waals surface area (Å²) in [5, 5.41) is 2.91. The lowest BCUT2D eigenvalue weighted by atomic mass is 9.99. The van der Waals surface area contributed by atoms with Gasteiger partial charge in [0, 0.05) is 35.1 Å². The minimum Gasteiger partial charge on any atom is -0.346 e. The SMILES string of the molecule is NN1c2ccccc2-c2ccnc3[nH]cc(c23)C1c1ccccn1. The summed E-state index contributed by atoms with van der Waals surface area (Å²) in [4.78, 5) is 12.3. The number of hydrogen-bond acceptors (Lipinski definition) is 4. The summed E-state index contributed by atoms with van der Waals surface area (Å²) >= 11 is 0. The predicted molar refractivity (Wildman–Crippen MR) is 94.3 cm³/mol. The van der Waals surface area contributed by atoms with Gasteiger partial charge in [-0.05, 0) is 29.8 Å². The molecule has 1 aliphatic heterocycles. The number of fused-ring (bicyclic) bond motifs is 2. The van der Waals surface area contributed by atoms with E-state index in [-0.39, 0.29) is 6.04 Å². The summed E-state index contributed by atoms with van der Waals surface area (Å²) in [7, 11) is 0. The van der Waals surface area contributed by atoms with Crippen LogP contribution < -0.4 is 10.9 Å². The van der Waals surface area contributed by atoms with Crippen molar-refractivity contribution in [2.24, 2.45) is 5.84 Å². The van der Waals surface area contributed by atoms with Crippen LogP contribution in [0.4, 0.5) is 5.69 Å². The van der Waals surface area contributed by atoms with E-state index in [1.54, 1.807) is 11.2 Å². The third-order valence-electron chi connectivity index (χ3n) is 4.62. The Morgan fingerprint density at radius 1 is 0.917 bits per heavy atom. The summed E-state index contributed by atoms with van der Waals surface area (Å²) in [6.07, 6.45) is 5.62. The standard InChI is InChI=1S/C19H15N5/c20-24-16-7-2-1-5-12(16)13-8-10-22-19-17(13)14(11-23-19)18(24)15-6-3-4-9-21-15/h1-11,18H,20H2,(H,22,23). The zero-order chi connectivity index (χ0) is 16.1. The second-order valence-electron chi connectivity index (χ2n) is 5.91. The molecule has 4 heterocycles. The maximum atomic E-state index is 6.60. The van der Waals surface area contributed by atoms with Crippen molar-refractivity contribution in [1.29, 1.82) is 0 Å². The molecule has 24 heavy (non-hydrogen) atoms. The molecule has 5 rings (SSSR count). The maximum Gasteiger partial charge on any atom is 0.138 e. The summed E-state index contributed by atoms with van der Waals surface area (Å²) in [6.45, 7) is 0. The van der Waals surface area contributed by atoms with Crippen molar-refractivity contribution in [2.75, 3.05) is 5.01 Å². The van der Waals surface area contributed by atoms with Crippen molar-refractivity contribution < 1.29 is 0 Å². The number of aromatic nitrogens is 3. The van der Waals surface area contributed by atoms with Gasteiger partial charge in [0.25, 0.3) is 0 Å². The molecule has 0 fully saturated rings. The van der Waals surface area contributed by atoms with Crippen LogP contribution in [0, 0.1) is 0 Å². The molecule has 5 nitrogen and oxygen atoms in total. The number of hydrogen-bond donors (Lipinski definition) is 2. The highest BCUT2D eigenvalue weighted by Crippen LogP contribution is 2.44. The number of para-hydroxylation sites is 1. The average molecular weight is 313 g/mol. The van der Waals surface area contributed by atoms with Gasteiger partial charge in [-0.2, -0.15) is 0 Å². The van der Waals surface area contributed by atoms with E-state index in [4.69, 9.17) is 5.84 Å². The summed E-state index contributed by atoms with van der Waals surface area (Å²) in [6, 6.07) is 16.0. The Labute approximate surface area is 138 Å². The third-order valence-corrected chi connectivity index (χ3v) is 4.62. The van der Waals surface area contributed by atoms with Gasteiger partial charge in [-0.3, -0.25) is 9.99 Å². The molecule has 116 valence electrons. The van der Waals surface area contributed by atoms with Crippen LogP contribution in [-0.4, -0.2) is 15.0 Å². The highest BCUT2D eigenvalue weighted by atomic mass is 15.4. The lowest BCUT2D eigenvalue weighted by Gasteiger charge is -2.28. The molecule has 0 amide bonds. The van der Waals surface area contributed by atoms with Crippen LogP contribution in [0.2, 0.25) is 0 Å². The first-order valence-corrected chi connectivity index (χ1v) is 7.85. The molecular formula is C19H15N5. The van der Waals surface area contributed by atoms with Crippen molar-refractivity contribution in [3.8, 4) is 11.1 Å². The number of rotatable bonds is 1. The number of hydrazine groups is 1. The fraction of sp³-hybridized carbons (Fsp3) is 0.0526. The van der Waals surface area contributed by atoms with E-state index in [0.29, 0.717) is 0 Å². The van der Waals surface area contributed by atoms with Gasteiger partial charge < -0.3 is 4.98 Å². The number of anilines is 1. The molecule has 0 aliphatic carbocycles. The Bertz CT molecular complexity index is 1040. The molecule has 1 unspecified atom stereocenters. The van der Waals surface area contributed by atoms with Crippen LogP contribution in [0.5, 0.6) is 0 Å². The average Bonchev–Trinajstić information content (AvgIpc) is 3.02. The van der Waals surface area contributed by atoms with E-state index in [0.717, 1.165) is 39.1 Å². The first-order valence-electron chi connectivity index (χ1n) is 7.85. The number of aromatic amines is 1. The molecule has 0 radical (unpaired) electrons. The van der Waals surface area contributed by atoms with E-state index >= 15 is 0 Å². The van der Waals surface area contributed by atoms with Crippen LogP contribution in [-0.2, 0) is 0 Å². The van der Waals surface area contributed by atoms with Gasteiger partial charge in [0.1, 0.15) is 11.7 Å². The van der Waals surface area contributed by atoms with Crippen molar-refractivity contribution in [3.05, 3.63) is 78.4 Å². The van der Waals surface area contributed by atoms with Crippen LogP contribution in [0.3, 0.4) is 0 Å². The van der Waals surface area contributed by atoms with Gasteiger partial charge >= 0.3 is 0 Å². The molecule has 1 aliphatic rings. The van der Waals surface area contributed by atoms with Crippen LogP contribution in [0.1, 0.15) is 17.3 Å². The predicted octanol–water partition coefficient (Wildman–Crippen LogP) is 3.41. The minimum absolute atomic E-state index is 0.174. The zero-order valence-corrected chi connectivity index (χ0v) is 12.8. The Kier molecular flexibility index (Phi) is 2.72. The summed E-state index contributed by atoms with van der Waals surface area (Å²) in [5.74, 6) is 6.60. The van der Waals surface area contributed by atoms with Gasteiger partial charge in [-0.1, -0.05) is 24.3 Å².